The number of carbonyl (C=O) groups excluding carboxylic acids is 1. The third-order valence-electron chi connectivity index (χ3n) is 6.29. The van der Waals surface area contributed by atoms with Crippen molar-refractivity contribution in [3.05, 3.63) is 35.5 Å². The zero-order chi connectivity index (χ0) is 25.3. The number of nitrogens with one attached hydrogen (secondary N) is 1. The van der Waals surface area contributed by atoms with Gasteiger partial charge in [-0.3, -0.25) is 14.7 Å². The summed E-state index contributed by atoms with van der Waals surface area (Å²) in [5, 5.41) is 3.84. The van der Waals surface area contributed by atoms with E-state index in [1.807, 2.05) is 6.92 Å². The van der Waals surface area contributed by atoms with Crippen LogP contribution < -0.4 is 14.4 Å². The van der Waals surface area contributed by atoms with Gasteiger partial charge in [-0.15, -0.1) is 13.2 Å². The molecule has 0 bridgehead atoms. The number of benzene rings is 1. The molecule has 14 heteroatoms. The van der Waals surface area contributed by atoms with Gasteiger partial charge in [0.25, 0.3) is 5.91 Å². The number of hydrogen-bond acceptors (Lipinski definition) is 7. The molecule has 1 N–H and O–H groups in total. The molecule has 0 radical (unpaired) electrons. The molecular weight excluding hydrogens is 489 g/mol. The number of carbonyl (C=O) groups is 1. The van der Waals surface area contributed by atoms with Gasteiger partial charge in [0.1, 0.15) is 0 Å². The number of fused-ring (bicyclic) bond motifs is 3. The fourth-order valence-electron chi connectivity index (χ4n) is 4.24. The Morgan fingerprint density at radius 3 is 2.66 bits per heavy atom. The number of nitrogens with zero attached hydrogens (tertiary/aromatic N) is 5. The van der Waals surface area contributed by atoms with Crippen LogP contribution in [0.25, 0.3) is 0 Å². The number of aryl methyl sites for hydroxylation is 1. The number of ether oxygens (including phenoxy) is 1. The number of guanidine groups is 1. The predicted molar refractivity (Wildman–Crippen MR) is 118 cm³/mol. The number of sulfonamides is 1. The largest absolute Gasteiger partial charge is 0.574 e. The fraction of sp³-hybridized carbons (Fsp3) is 0.476. The highest BCUT2D eigenvalue weighted by Gasteiger charge is 2.44. The highest BCUT2D eigenvalue weighted by atomic mass is 32.2. The highest BCUT2D eigenvalue weighted by molar-refractivity contribution is 7.89. The Kier molecular flexibility index (Phi) is 5.18. The molecule has 1 aromatic carbocycles. The van der Waals surface area contributed by atoms with Gasteiger partial charge in [0.05, 0.1) is 47.0 Å². The Labute approximate surface area is 199 Å². The summed E-state index contributed by atoms with van der Waals surface area (Å²) in [7, 11) is -2.58. The third kappa shape index (κ3) is 4.24. The van der Waals surface area contributed by atoms with Gasteiger partial charge in [-0.1, -0.05) is 0 Å². The minimum absolute atomic E-state index is 0.0240. The van der Waals surface area contributed by atoms with Crippen LogP contribution in [0.2, 0.25) is 0 Å². The van der Waals surface area contributed by atoms with Gasteiger partial charge in [-0.2, -0.15) is 5.10 Å². The normalized spacial score (nSPS) is 21.0. The average Bonchev–Trinajstić information content (AvgIpc) is 3.20. The summed E-state index contributed by atoms with van der Waals surface area (Å²) in [5.41, 5.74) is 0.132. The summed E-state index contributed by atoms with van der Waals surface area (Å²) in [6.07, 6.45) is -2.31. The molecule has 35 heavy (non-hydrogen) atoms. The van der Waals surface area contributed by atoms with Crippen molar-refractivity contribution in [2.45, 2.75) is 56.1 Å². The maximum Gasteiger partial charge on any atom is 0.574 e. The van der Waals surface area contributed by atoms with E-state index in [1.165, 1.54) is 30.3 Å². The monoisotopic (exact) mass is 512 g/mol. The van der Waals surface area contributed by atoms with Gasteiger partial charge in [0, 0.05) is 12.6 Å². The standard InChI is InChI=1S/C21H23F3N6O4S/c1-12-9-25-19-29(11-13-10-26-28(3)18(13)34-21(22,23)24)17(31)15-8-14(4-5-16(15)30(12)19)35(32,33)27-20(2)6-7-20/h4-5,8,10,12,27H,6-7,9,11H2,1-3H3/t12-/m1/s1. The van der Waals surface area contributed by atoms with Gasteiger partial charge in [0.2, 0.25) is 21.9 Å². The van der Waals surface area contributed by atoms with E-state index in [2.05, 4.69) is 19.6 Å². The Bertz CT molecular complexity index is 1350. The average molecular weight is 513 g/mol. The molecule has 0 spiro atoms. The van der Waals surface area contributed by atoms with Crippen LogP contribution in [0.15, 0.2) is 34.3 Å². The van der Waals surface area contributed by atoms with Crippen molar-refractivity contribution in [3.8, 4) is 5.88 Å². The van der Waals surface area contributed by atoms with Crippen LogP contribution >= 0.6 is 0 Å². The van der Waals surface area contributed by atoms with E-state index < -0.39 is 33.7 Å². The van der Waals surface area contributed by atoms with Gasteiger partial charge in [-0.25, -0.2) is 17.8 Å². The topological polar surface area (TPSA) is 109 Å². The molecular formula is C21H23F3N6O4S. The first-order chi connectivity index (χ1) is 16.3. The molecule has 1 amide bonds. The van der Waals surface area contributed by atoms with E-state index in [-0.39, 0.29) is 34.6 Å². The smallest absolute Gasteiger partial charge is 0.388 e. The zero-order valence-electron chi connectivity index (χ0n) is 19.1. The lowest BCUT2D eigenvalue weighted by molar-refractivity contribution is -0.277. The molecule has 1 aromatic heterocycles. The second kappa shape index (κ2) is 7.68. The summed E-state index contributed by atoms with van der Waals surface area (Å²) < 4.78 is 72.4. The number of rotatable bonds is 6. The first-order valence-electron chi connectivity index (χ1n) is 10.9. The Balaban J connectivity index is 1.53. The maximum atomic E-state index is 13.6. The molecule has 0 saturated heterocycles. The van der Waals surface area contributed by atoms with Crippen LogP contribution in [0.4, 0.5) is 18.9 Å². The molecule has 10 nitrogen and oxygen atoms in total. The van der Waals surface area contributed by atoms with Crippen molar-refractivity contribution in [1.29, 1.82) is 0 Å². The first-order valence-corrected chi connectivity index (χ1v) is 12.4. The first kappa shape index (κ1) is 23.6. The number of aliphatic imine (C=N–C) groups is 1. The summed E-state index contributed by atoms with van der Waals surface area (Å²) in [5.74, 6) is -0.857. The van der Waals surface area contributed by atoms with Crippen LogP contribution in [0.3, 0.4) is 0 Å². The van der Waals surface area contributed by atoms with Crippen LogP contribution in [0.1, 0.15) is 42.6 Å². The predicted octanol–water partition coefficient (Wildman–Crippen LogP) is 2.37. The number of halogens is 3. The molecule has 3 heterocycles. The van der Waals surface area contributed by atoms with E-state index in [4.69, 9.17) is 0 Å². The summed E-state index contributed by atoms with van der Waals surface area (Å²) in [6, 6.07) is 4.16. The van der Waals surface area contributed by atoms with Gasteiger partial charge in [0.15, 0.2) is 0 Å². The number of alkyl halides is 3. The number of hydrogen-bond donors (Lipinski definition) is 1. The second-order valence-electron chi connectivity index (χ2n) is 9.24. The SMILES string of the molecule is C[C@@H]1CN=C2N(Cc3cnn(C)c3OC(F)(F)F)C(=O)c3cc(S(=O)(=O)NC4(C)CC4)ccc3N21. The van der Waals surface area contributed by atoms with Gasteiger partial charge < -0.3 is 9.64 Å². The van der Waals surface area contributed by atoms with E-state index in [0.717, 1.165) is 17.5 Å². The van der Waals surface area contributed by atoms with E-state index >= 15 is 0 Å². The number of amides is 1. The Morgan fingerprint density at radius 2 is 2.00 bits per heavy atom. The lowest BCUT2D eigenvalue weighted by Gasteiger charge is -2.38. The van der Waals surface area contributed by atoms with Crippen molar-refractivity contribution < 1.29 is 31.1 Å². The van der Waals surface area contributed by atoms with Crippen LogP contribution in [0, 0.1) is 0 Å². The molecule has 1 saturated carbocycles. The fourth-order valence-corrected chi connectivity index (χ4v) is 5.73. The van der Waals surface area contributed by atoms with Crippen molar-refractivity contribution in [2.24, 2.45) is 12.0 Å². The summed E-state index contributed by atoms with van der Waals surface area (Å²) >= 11 is 0. The molecule has 1 fully saturated rings. The molecule has 5 rings (SSSR count). The third-order valence-corrected chi connectivity index (χ3v) is 7.92. The lowest BCUT2D eigenvalue weighted by atomic mass is 10.1. The van der Waals surface area contributed by atoms with Gasteiger partial charge in [-0.05, 0) is 44.9 Å². The van der Waals surface area contributed by atoms with Crippen molar-refractivity contribution in [1.82, 2.24) is 19.4 Å². The minimum atomic E-state index is -4.94. The summed E-state index contributed by atoms with van der Waals surface area (Å²) in [4.78, 5) is 20.9. The van der Waals surface area contributed by atoms with E-state index in [0.29, 0.717) is 12.2 Å². The molecule has 1 atom stereocenters. The lowest BCUT2D eigenvalue weighted by Crippen LogP contribution is -2.52. The van der Waals surface area contributed by atoms with Crippen LogP contribution in [-0.4, -0.2) is 59.5 Å². The Hall–Kier alpha value is -3.13. The highest BCUT2D eigenvalue weighted by Crippen LogP contribution is 2.39. The molecule has 188 valence electrons. The van der Waals surface area contributed by atoms with Crippen LogP contribution in [0.5, 0.6) is 5.88 Å². The quantitative estimate of drug-likeness (QED) is 0.637. The number of aromatic nitrogens is 2. The zero-order valence-corrected chi connectivity index (χ0v) is 19.9. The Morgan fingerprint density at radius 1 is 1.29 bits per heavy atom. The maximum absolute atomic E-state index is 13.6. The van der Waals surface area contributed by atoms with E-state index in [1.54, 1.807) is 17.9 Å². The van der Waals surface area contributed by atoms with Crippen molar-refractivity contribution in [2.75, 3.05) is 11.4 Å². The molecule has 2 aliphatic heterocycles. The molecule has 3 aliphatic rings. The second-order valence-corrected chi connectivity index (χ2v) is 10.9. The molecule has 2 aromatic rings. The van der Waals surface area contributed by atoms with Crippen LogP contribution in [-0.2, 0) is 23.6 Å². The van der Waals surface area contributed by atoms with Gasteiger partial charge >= 0.3 is 6.36 Å². The number of anilines is 1. The van der Waals surface area contributed by atoms with Crippen molar-refractivity contribution in [3.63, 3.8) is 0 Å². The minimum Gasteiger partial charge on any atom is -0.388 e. The molecule has 0 unspecified atom stereocenters. The van der Waals surface area contributed by atoms with Crippen molar-refractivity contribution >= 4 is 27.6 Å². The van der Waals surface area contributed by atoms with E-state index in [9.17, 15) is 26.4 Å². The molecule has 1 aliphatic carbocycles. The summed E-state index contributed by atoms with van der Waals surface area (Å²) in [6.45, 7) is 3.75.